The van der Waals surface area contributed by atoms with Crippen LogP contribution < -0.4 is 5.73 Å². The first-order chi connectivity index (χ1) is 8.67. The normalized spacial score (nSPS) is 21.4. The highest BCUT2D eigenvalue weighted by Gasteiger charge is 2.25. The molecule has 2 heterocycles. The summed E-state index contributed by atoms with van der Waals surface area (Å²) in [5.74, 6) is 0. The van der Waals surface area contributed by atoms with Crippen LogP contribution in [0.25, 0.3) is 0 Å². The summed E-state index contributed by atoms with van der Waals surface area (Å²) in [5, 5.41) is 5.30. The SMILES string of the molecule is CCc1nn(CC)c(CC(N)C2CCCO2)c1Cl. The molecule has 4 nitrogen and oxygen atoms in total. The van der Waals surface area contributed by atoms with Gasteiger partial charge in [-0.2, -0.15) is 5.10 Å². The number of halogens is 1. The Morgan fingerprint density at radius 3 is 2.89 bits per heavy atom. The smallest absolute Gasteiger partial charge is 0.0850 e. The van der Waals surface area contributed by atoms with Crippen LogP contribution in [0.4, 0.5) is 0 Å². The lowest BCUT2D eigenvalue weighted by molar-refractivity contribution is 0.0894. The van der Waals surface area contributed by atoms with Gasteiger partial charge in [0.1, 0.15) is 0 Å². The molecule has 1 aliphatic heterocycles. The average molecular weight is 272 g/mol. The number of nitrogens with zero attached hydrogens (tertiary/aromatic N) is 2. The Morgan fingerprint density at radius 2 is 2.33 bits per heavy atom. The lowest BCUT2D eigenvalue weighted by atomic mass is 10.0. The van der Waals surface area contributed by atoms with Gasteiger partial charge < -0.3 is 10.5 Å². The molecule has 1 fully saturated rings. The molecule has 1 aromatic heterocycles. The van der Waals surface area contributed by atoms with Gasteiger partial charge in [0.15, 0.2) is 0 Å². The van der Waals surface area contributed by atoms with Crippen molar-refractivity contribution >= 4 is 11.6 Å². The molecule has 2 N–H and O–H groups in total. The minimum Gasteiger partial charge on any atom is -0.377 e. The first-order valence-electron chi connectivity index (χ1n) is 6.78. The van der Waals surface area contributed by atoms with E-state index in [0.29, 0.717) is 0 Å². The lowest BCUT2D eigenvalue weighted by Gasteiger charge is -2.19. The van der Waals surface area contributed by atoms with Gasteiger partial charge >= 0.3 is 0 Å². The lowest BCUT2D eigenvalue weighted by Crippen LogP contribution is -2.36. The van der Waals surface area contributed by atoms with Gasteiger partial charge in [0.05, 0.1) is 22.5 Å². The fourth-order valence-corrected chi connectivity index (χ4v) is 2.85. The molecule has 0 radical (unpaired) electrons. The number of nitrogens with two attached hydrogens (primary N) is 1. The monoisotopic (exact) mass is 271 g/mol. The molecular weight excluding hydrogens is 250 g/mol. The molecule has 0 aromatic carbocycles. The number of hydrogen-bond acceptors (Lipinski definition) is 3. The third-order valence-electron chi connectivity index (χ3n) is 3.57. The molecule has 18 heavy (non-hydrogen) atoms. The van der Waals surface area contributed by atoms with Crippen molar-refractivity contribution in [3.8, 4) is 0 Å². The molecule has 0 saturated carbocycles. The fraction of sp³-hybridized carbons (Fsp3) is 0.769. The van der Waals surface area contributed by atoms with Crippen LogP contribution in [0.5, 0.6) is 0 Å². The third-order valence-corrected chi connectivity index (χ3v) is 4.00. The van der Waals surface area contributed by atoms with E-state index in [9.17, 15) is 0 Å². The van der Waals surface area contributed by atoms with Crippen LogP contribution in [0, 0.1) is 0 Å². The Morgan fingerprint density at radius 1 is 1.56 bits per heavy atom. The van der Waals surface area contributed by atoms with Crippen molar-refractivity contribution in [2.24, 2.45) is 5.73 Å². The van der Waals surface area contributed by atoms with E-state index < -0.39 is 0 Å². The minimum atomic E-state index is 0.0108. The highest BCUT2D eigenvalue weighted by Crippen LogP contribution is 2.25. The van der Waals surface area contributed by atoms with Crippen molar-refractivity contribution in [1.29, 1.82) is 0 Å². The first kappa shape index (κ1) is 13.8. The van der Waals surface area contributed by atoms with Crippen LogP contribution in [0.3, 0.4) is 0 Å². The fourth-order valence-electron chi connectivity index (χ4n) is 2.51. The zero-order valence-corrected chi connectivity index (χ0v) is 11.9. The quantitative estimate of drug-likeness (QED) is 0.893. The topological polar surface area (TPSA) is 53.1 Å². The number of ether oxygens (including phenoxy) is 1. The highest BCUT2D eigenvalue weighted by molar-refractivity contribution is 6.31. The molecule has 5 heteroatoms. The van der Waals surface area contributed by atoms with Crippen LogP contribution in [-0.2, 0) is 24.1 Å². The Bertz CT molecular complexity index is 399. The molecule has 0 bridgehead atoms. The highest BCUT2D eigenvalue weighted by atomic mass is 35.5. The van der Waals surface area contributed by atoms with Crippen molar-refractivity contribution in [1.82, 2.24) is 9.78 Å². The van der Waals surface area contributed by atoms with Crippen molar-refractivity contribution in [3.63, 3.8) is 0 Å². The molecule has 2 atom stereocenters. The number of hydrogen-bond donors (Lipinski definition) is 1. The standard InChI is InChI=1S/C13H22ClN3O/c1-3-10-13(14)11(17(4-2)16-10)8-9(15)12-6-5-7-18-12/h9,12H,3-8,15H2,1-2H3. The first-order valence-corrected chi connectivity index (χ1v) is 7.16. The number of rotatable bonds is 5. The molecule has 1 aliphatic rings. The summed E-state index contributed by atoms with van der Waals surface area (Å²) in [6, 6.07) is 0.0108. The van der Waals surface area contributed by atoms with Crippen molar-refractivity contribution < 1.29 is 4.74 Å². The maximum absolute atomic E-state index is 6.38. The maximum Gasteiger partial charge on any atom is 0.0850 e. The Balaban J connectivity index is 2.14. The van der Waals surface area contributed by atoms with E-state index in [2.05, 4.69) is 18.9 Å². The largest absolute Gasteiger partial charge is 0.377 e. The van der Waals surface area contributed by atoms with E-state index >= 15 is 0 Å². The Kier molecular flexibility index (Phi) is 4.65. The van der Waals surface area contributed by atoms with Crippen LogP contribution in [0.15, 0.2) is 0 Å². The maximum atomic E-state index is 6.38. The van der Waals surface area contributed by atoms with Gasteiger partial charge in [-0.25, -0.2) is 0 Å². The van der Waals surface area contributed by atoms with E-state index in [1.54, 1.807) is 0 Å². The third kappa shape index (κ3) is 2.71. The summed E-state index contributed by atoms with van der Waals surface area (Å²) in [4.78, 5) is 0. The van der Waals surface area contributed by atoms with Gasteiger partial charge in [-0.1, -0.05) is 18.5 Å². The molecular formula is C13H22ClN3O. The van der Waals surface area contributed by atoms with Gasteiger partial charge in [-0.15, -0.1) is 0 Å². The predicted octanol–water partition coefficient (Wildman–Crippen LogP) is 2.17. The van der Waals surface area contributed by atoms with Gasteiger partial charge in [0, 0.05) is 25.6 Å². The van der Waals surface area contributed by atoms with Crippen LogP contribution in [0.1, 0.15) is 38.1 Å². The summed E-state index contributed by atoms with van der Waals surface area (Å²) in [5.41, 5.74) is 8.25. The zero-order chi connectivity index (χ0) is 13.1. The van der Waals surface area contributed by atoms with Crippen molar-refractivity contribution in [3.05, 3.63) is 16.4 Å². The van der Waals surface area contributed by atoms with E-state index in [1.807, 2.05) is 4.68 Å². The van der Waals surface area contributed by atoms with E-state index in [1.165, 1.54) is 0 Å². The van der Waals surface area contributed by atoms with Gasteiger partial charge in [-0.05, 0) is 26.2 Å². The minimum absolute atomic E-state index is 0.0108. The number of aryl methyl sites for hydroxylation is 2. The van der Waals surface area contributed by atoms with E-state index in [0.717, 1.165) is 55.2 Å². The van der Waals surface area contributed by atoms with Crippen molar-refractivity contribution in [2.45, 2.75) is 58.2 Å². The zero-order valence-electron chi connectivity index (χ0n) is 11.2. The molecule has 2 rings (SSSR count). The molecule has 2 unspecified atom stereocenters. The summed E-state index contributed by atoms with van der Waals surface area (Å²) in [6.45, 7) is 5.80. The van der Waals surface area contributed by atoms with E-state index in [4.69, 9.17) is 22.1 Å². The Hall–Kier alpha value is -0.580. The van der Waals surface area contributed by atoms with Gasteiger partial charge in [0.25, 0.3) is 0 Å². The van der Waals surface area contributed by atoms with Crippen molar-refractivity contribution in [2.75, 3.05) is 6.61 Å². The summed E-state index contributed by atoms with van der Waals surface area (Å²) in [7, 11) is 0. The molecule has 102 valence electrons. The summed E-state index contributed by atoms with van der Waals surface area (Å²) in [6.07, 6.45) is 3.93. The number of aromatic nitrogens is 2. The van der Waals surface area contributed by atoms with Crippen LogP contribution in [-0.4, -0.2) is 28.5 Å². The second-order valence-electron chi connectivity index (χ2n) is 4.80. The predicted molar refractivity (Wildman–Crippen MR) is 72.9 cm³/mol. The molecule has 0 amide bonds. The van der Waals surface area contributed by atoms with Gasteiger partial charge in [0.2, 0.25) is 0 Å². The average Bonchev–Trinajstić information content (AvgIpc) is 2.99. The van der Waals surface area contributed by atoms with Crippen LogP contribution >= 0.6 is 11.6 Å². The molecule has 0 aliphatic carbocycles. The van der Waals surface area contributed by atoms with Gasteiger partial charge in [-0.3, -0.25) is 4.68 Å². The second-order valence-corrected chi connectivity index (χ2v) is 5.17. The molecule has 0 spiro atoms. The molecule has 1 aromatic rings. The second kappa shape index (κ2) is 6.04. The van der Waals surface area contributed by atoms with E-state index in [-0.39, 0.29) is 12.1 Å². The summed E-state index contributed by atoms with van der Waals surface area (Å²) < 4.78 is 7.60. The Labute approximate surface area is 113 Å². The summed E-state index contributed by atoms with van der Waals surface area (Å²) >= 11 is 6.38. The molecule has 1 saturated heterocycles. The van der Waals surface area contributed by atoms with Crippen LogP contribution in [0.2, 0.25) is 5.02 Å².